The van der Waals surface area contributed by atoms with Crippen molar-refractivity contribution in [2.45, 2.75) is 6.54 Å². The Kier molecular flexibility index (Phi) is 3.42. The molecule has 7 nitrogen and oxygen atoms in total. The number of nitrogens with zero attached hydrogens (tertiary/aromatic N) is 4. The van der Waals surface area contributed by atoms with Crippen molar-refractivity contribution in [1.29, 1.82) is 0 Å². The van der Waals surface area contributed by atoms with Crippen LogP contribution in [0, 0.1) is 0 Å². The van der Waals surface area contributed by atoms with E-state index in [4.69, 9.17) is 11.5 Å². The van der Waals surface area contributed by atoms with E-state index >= 15 is 0 Å². The van der Waals surface area contributed by atoms with Crippen LogP contribution in [0.3, 0.4) is 0 Å². The first-order valence-corrected chi connectivity index (χ1v) is 6.70. The van der Waals surface area contributed by atoms with Crippen molar-refractivity contribution in [1.82, 2.24) is 20.1 Å². The van der Waals surface area contributed by atoms with Gasteiger partial charge in [0.25, 0.3) is 0 Å². The molecule has 0 unspecified atom stereocenters. The molecule has 1 aromatic carbocycles. The highest BCUT2D eigenvalue weighted by molar-refractivity contribution is 5.39. The lowest BCUT2D eigenvalue weighted by molar-refractivity contribution is 0.249. The predicted molar refractivity (Wildman–Crippen MR) is 79.1 cm³/mol. The van der Waals surface area contributed by atoms with Gasteiger partial charge in [-0.2, -0.15) is 0 Å². The summed E-state index contributed by atoms with van der Waals surface area (Å²) in [4.78, 5) is 7.55. The van der Waals surface area contributed by atoms with Gasteiger partial charge in [0, 0.05) is 38.4 Å². The molecule has 1 aliphatic heterocycles. The smallest absolute Gasteiger partial charge is 0.226 e. The molecule has 0 aliphatic carbocycles. The fraction of sp³-hybridized carbons (Fsp3) is 0.385. The molecule has 106 valence electrons. The summed E-state index contributed by atoms with van der Waals surface area (Å²) in [5, 5.41) is 7.81. The molecule has 5 N–H and O–H groups in total. The monoisotopic (exact) mass is 273 g/mol. The summed E-state index contributed by atoms with van der Waals surface area (Å²) in [7, 11) is 0. The van der Waals surface area contributed by atoms with Gasteiger partial charge in [-0.25, -0.2) is 0 Å². The number of nitrogen functional groups attached to an aromatic ring is 2. The Hall–Kier alpha value is -2.28. The molecule has 0 spiro atoms. The Bertz CT molecular complexity index is 554. The highest BCUT2D eigenvalue weighted by atomic mass is 15.4. The number of H-pyrrole nitrogens is 1. The van der Waals surface area contributed by atoms with Gasteiger partial charge in [0.15, 0.2) is 0 Å². The molecular weight excluding hydrogens is 254 g/mol. The van der Waals surface area contributed by atoms with Crippen molar-refractivity contribution in [2.75, 3.05) is 42.5 Å². The summed E-state index contributed by atoms with van der Waals surface area (Å²) in [5.74, 6) is 1.12. The van der Waals surface area contributed by atoms with Crippen LogP contribution in [0.4, 0.5) is 17.6 Å². The Labute approximate surface area is 117 Å². The molecule has 20 heavy (non-hydrogen) atoms. The normalized spacial score (nSPS) is 16.5. The standard InChI is InChI=1S/C13H19N7/c14-11-3-1-10(2-4-11)9-19-5-7-20(8-6-19)13-16-12(15)17-18-13/h1-4H,5-9,14H2,(H3,15,16,17,18). The van der Waals surface area contributed by atoms with Gasteiger partial charge in [-0.05, 0) is 17.7 Å². The van der Waals surface area contributed by atoms with Gasteiger partial charge in [-0.3, -0.25) is 9.88 Å². The number of hydrogen-bond donors (Lipinski definition) is 3. The third-order valence-corrected chi connectivity index (χ3v) is 3.55. The van der Waals surface area contributed by atoms with Gasteiger partial charge in [0.05, 0.1) is 0 Å². The lowest BCUT2D eigenvalue weighted by atomic mass is 10.2. The highest BCUT2D eigenvalue weighted by Gasteiger charge is 2.19. The molecule has 0 amide bonds. The second-order valence-corrected chi connectivity index (χ2v) is 5.04. The van der Waals surface area contributed by atoms with Gasteiger partial charge >= 0.3 is 0 Å². The van der Waals surface area contributed by atoms with E-state index in [9.17, 15) is 0 Å². The molecule has 2 heterocycles. The second kappa shape index (κ2) is 5.38. The summed E-state index contributed by atoms with van der Waals surface area (Å²) in [6.07, 6.45) is 0. The van der Waals surface area contributed by atoms with Crippen LogP contribution in [0.25, 0.3) is 0 Å². The zero-order chi connectivity index (χ0) is 13.9. The Morgan fingerprint density at radius 3 is 2.30 bits per heavy atom. The van der Waals surface area contributed by atoms with Gasteiger partial charge < -0.3 is 16.4 Å². The fourth-order valence-electron chi connectivity index (χ4n) is 2.41. The predicted octanol–water partition coefficient (Wildman–Crippen LogP) is 0.291. The average Bonchev–Trinajstić information content (AvgIpc) is 2.89. The molecule has 0 bridgehead atoms. The molecule has 0 atom stereocenters. The first-order chi connectivity index (χ1) is 9.70. The van der Waals surface area contributed by atoms with Crippen molar-refractivity contribution < 1.29 is 0 Å². The van der Waals surface area contributed by atoms with Crippen molar-refractivity contribution >= 4 is 17.6 Å². The van der Waals surface area contributed by atoms with E-state index in [1.165, 1.54) is 5.56 Å². The third-order valence-electron chi connectivity index (χ3n) is 3.55. The van der Waals surface area contributed by atoms with Crippen LogP contribution < -0.4 is 16.4 Å². The minimum atomic E-state index is 0.365. The molecule has 1 saturated heterocycles. The molecule has 1 fully saturated rings. The van der Waals surface area contributed by atoms with Crippen molar-refractivity contribution in [3.8, 4) is 0 Å². The maximum absolute atomic E-state index is 5.70. The number of nitrogens with two attached hydrogens (primary N) is 2. The van der Waals surface area contributed by atoms with E-state index in [2.05, 4.69) is 37.1 Å². The molecule has 7 heteroatoms. The molecule has 1 aliphatic rings. The van der Waals surface area contributed by atoms with E-state index in [1.807, 2.05) is 12.1 Å². The molecule has 0 saturated carbocycles. The van der Waals surface area contributed by atoms with Crippen molar-refractivity contribution in [3.63, 3.8) is 0 Å². The van der Waals surface area contributed by atoms with Gasteiger partial charge in [-0.1, -0.05) is 12.1 Å². The Balaban J connectivity index is 1.54. The summed E-state index contributed by atoms with van der Waals surface area (Å²) in [5.41, 5.74) is 13.3. The average molecular weight is 273 g/mol. The van der Waals surface area contributed by atoms with Crippen LogP contribution in [0.5, 0.6) is 0 Å². The molecule has 2 aromatic rings. The van der Waals surface area contributed by atoms with E-state index in [1.54, 1.807) is 0 Å². The molecule has 0 radical (unpaired) electrons. The quantitative estimate of drug-likeness (QED) is 0.695. The minimum absolute atomic E-state index is 0.365. The summed E-state index contributed by atoms with van der Waals surface area (Å²) < 4.78 is 0. The summed E-state index contributed by atoms with van der Waals surface area (Å²) >= 11 is 0. The van der Waals surface area contributed by atoms with Crippen LogP contribution in [0.2, 0.25) is 0 Å². The van der Waals surface area contributed by atoms with Crippen molar-refractivity contribution in [3.05, 3.63) is 29.8 Å². The second-order valence-electron chi connectivity index (χ2n) is 5.04. The summed E-state index contributed by atoms with van der Waals surface area (Å²) in [6.45, 7) is 4.77. The van der Waals surface area contributed by atoms with E-state index in [-0.39, 0.29) is 0 Å². The van der Waals surface area contributed by atoms with E-state index in [0.717, 1.165) is 44.4 Å². The number of aromatic nitrogens is 3. The Morgan fingerprint density at radius 2 is 1.70 bits per heavy atom. The number of piperazine rings is 1. The third kappa shape index (κ3) is 2.83. The van der Waals surface area contributed by atoms with Crippen LogP contribution in [-0.4, -0.2) is 46.3 Å². The maximum atomic E-state index is 5.70. The van der Waals surface area contributed by atoms with Crippen LogP contribution in [-0.2, 0) is 6.54 Å². The van der Waals surface area contributed by atoms with Crippen LogP contribution in [0.1, 0.15) is 5.56 Å². The lowest BCUT2D eigenvalue weighted by Crippen LogP contribution is -2.46. The van der Waals surface area contributed by atoms with E-state index in [0.29, 0.717) is 5.95 Å². The van der Waals surface area contributed by atoms with Gasteiger partial charge in [-0.15, -0.1) is 10.2 Å². The highest BCUT2D eigenvalue weighted by Crippen LogP contribution is 2.14. The van der Waals surface area contributed by atoms with Gasteiger partial charge in [0.2, 0.25) is 11.9 Å². The number of anilines is 3. The molecule has 1 aromatic heterocycles. The Morgan fingerprint density at radius 1 is 1.00 bits per heavy atom. The zero-order valence-corrected chi connectivity index (χ0v) is 11.3. The SMILES string of the molecule is Nc1ccc(CN2CCN(c3nnc(N)[nH]3)CC2)cc1. The minimum Gasteiger partial charge on any atom is -0.399 e. The molecule has 3 rings (SSSR count). The number of aromatic amines is 1. The van der Waals surface area contributed by atoms with Crippen LogP contribution >= 0.6 is 0 Å². The first kappa shape index (κ1) is 12.7. The summed E-state index contributed by atoms with van der Waals surface area (Å²) in [6, 6.07) is 8.06. The number of benzene rings is 1. The van der Waals surface area contributed by atoms with Crippen LogP contribution in [0.15, 0.2) is 24.3 Å². The number of nitrogens with one attached hydrogen (secondary N) is 1. The maximum Gasteiger partial charge on any atom is 0.226 e. The molecular formula is C13H19N7. The van der Waals surface area contributed by atoms with E-state index < -0.39 is 0 Å². The topological polar surface area (TPSA) is 100 Å². The fourth-order valence-corrected chi connectivity index (χ4v) is 2.41. The lowest BCUT2D eigenvalue weighted by Gasteiger charge is -2.34. The number of rotatable bonds is 3. The largest absolute Gasteiger partial charge is 0.399 e. The zero-order valence-electron chi connectivity index (χ0n) is 11.3. The van der Waals surface area contributed by atoms with Crippen molar-refractivity contribution in [2.24, 2.45) is 0 Å². The van der Waals surface area contributed by atoms with Gasteiger partial charge in [0.1, 0.15) is 0 Å². The first-order valence-electron chi connectivity index (χ1n) is 6.70. The number of hydrogen-bond acceptors (Lipinski definition) is 6.